The molecule has 25 nitrogen and oxygen atoms in total. The minimum atomic E-state index is -1.96. The van der Waals surface area contributed by atoms with Crippen LogP contribution in [0.4, 0.5) is 0 Å². The molecule has 4 aliphatic rings. The molecular formula is C43H73N3O22. The molecule has 0 unspecified atom stereocenters. The standard InChI is InChI=1S/C43H73N3O22/c1-2-3-4-5-6-7-8-9-10-11-12-13-27(49)45-23(14-17-30(52)68-46-28(50)15-16-29(46)51)40(61)44-18-19-62-42-38(60)39(67-43-37(59)35(57)32(54)25(21-48)65-43)33(55)26(66-42)22-63-41-36(58)34(56)31(53)24(20-47)64-41/h23-26,31-39,41-43,47-48,53-60H,2-22H2,1H3,(H,44,61)(H,45,49)/t23-,24+,25+,26+,31+,32+,33+,34-,35-,36-,37-,38-,39-,41-,42-,43+/m0/s1. The molecule has 0 aromatic rings. The van der Waals surface area contributed by atoms with Gasteiger partial charge in [0, 0.05) is 25.8 Å². The fourth-order valence-corrected chi connectivity index (χ4v) is 8.09. The van der Waals surface area contributed by atoms with E-state index in [0.29, 0.717) is 11.5 Å². The van der Waals surface area contributed by atoms with Crippen molar-refractivity contribution in [3.63, 3.8) is 0 Å². The molecule has 16 atom stereocenters. The number of hydrogen-bond donors (Lipinski definition) is 12. The largest absolute Gasteiger partial charge is 0.394 e. The highest BCUT2D eigenvalue weighted by Crippen LogP contribution is 2.31. The molecule has 68 heavy (non-hydrogen) atoms. The second kappa shape index (κ2) is 29.3. The molecule has 0 aliphatic carbocycles. The summed E-state index contributed by atoms with van der Waals surface area (Å²) in [6, 6.07) is -1.29. The van der Waals surface area contributed by atoms with Crippen molar-refractivity contribution in [3.05, 3.63) is 0 Å². The van der Waals surface area contributed by atoms with E-state index in [4.69, 9.17) is 33.3 Å². The summed E-state index contributed by atoms with van der Waals surface area (Å²) < 4.78 is 33.5. The Morgan fingerprint density at radius 1 is 0.632 bits per heavy atom. The average Bonchev–Trinajstić information content (AvgIpc) is 3.64. The van der Waals surface area contributed by atoms with Crippen LogP contribution >= 0.6 is 0 Å². The second-order valence-electron chi connectivity index (χ2n) is 17.5. The first-order valence-corrected chi connectivity index (χ1v) is 23.7. The highest BCUT2D eigenvalue weighted by molar-refractivity contribution is 6.01. The summed E-state index contributed by atoms with van der Waals surface area (Å²) in [7, 11) is 0. The molecule has 0 saturated carbocycles. The summed E-state index contributed by atoms with van der Waals surface area (Å²) in [5.74, 6) is -3.61. The predicted molar refractivity (Wildman–Crippen MR) is 227 cm³/mol. The van der Waals surface area contributed by atoms with E-state index in [2.05, 4.69) is 17.6 Å². The molecule has 0 spiro atoms. The van der Waals surface area contributed by atoms with E-state index in [9.17, 15) is 75.0 Å². The number of rotatable bonds is 29. The van der Waals surface area contributed by atoms with Crippen LogP contribution in [0.25, 0.3) is 0 Å². The van der Waals surface area contributed by atoms with Crippen molar-refractivity contribution in [2.45, 2.75) is 208 Å². The van der Waals surface area contributed by atoms with Crippen molar-refractivity contribution in [1.82, 2.24) is 15.7 Å². The van der Waals surface area contributed by atoms with Crippen LogP contribution in [0.2, 0.25) is 0 Å². The summed E-state index contributed by atoms with van der Waals surface area (Å²) in [6.07, 6.45) is -15.4. The van der Waals surface area contributed by atoms with Gasteiger partial charge in [-0.1, -0.05) is 71.1 Å². The van der Waals surface area contributed by atoms with Crippen LogP contribution in [0.15, 0.2) is 0 Å². The maximum absolute atomic E-state index is 13.5. The number of carbonyl (C=O) groups is 5. The van der Waals surface area contributed by atoms with Crippen molar-refractivity contribution >= 4 is 29.6 Å². The molecule has 0 radical (unpaired) electrons. The monoisotopic (exact) mass is 983 g/mol. The highest BCUT2D eigenvalue weighted by atomic mass is 16.8. The molecule has 4 heterocycles. The number of aliphatic hydroxyl groups is 10. The number of nitrogens with one attached hydrogen (secondary N) is 2. The van der Waals surface area contributed by atoms with Crippen LogP contribution in [0.3, 0.4) is 0 Å². The number of ether oxygens (including phenoxy) is 6. The van der Waals surface area contributed by atoms with E-state index in [1.165, 1.54) is 32.1 Å². The number of hydroxylamine groups is 2. The summed E-state index contributed by atoms with van der Waals surface area (Å²) >= 11 is 0. The Balaban J connectivity index is 1.37. The molecule has 4 fully saturated rings. The van der Waals surface area contributed by atoms with Crippen molar-refractivity contribution in [2.24, 2.45) is 0 Å². The van der Waals surface area contributed by atoms with E-state index < -0.39 is 161 Å². The molecule has 25 heteroatoms. The van der Waals surface area contributed by atoms with Crippen molar-refractivity contribution in [2.75, 3.05) is 33.0 Å². The second-order valence-corrected chi connectivity index (χ2v) is 17.5. The molecule has 0 aromatic heterocycles. The van der Waals surface area contributed by atoms with Gasteiger partial charge in [0.1, 0.15) is 79.3 Å². The number of amides is 4. The van der Waals surface area contributed by atoms with Crippen LogP contribution in [0.5, 0.6) is 0 Å². The van der Waals surface area contributed by atoms with Crippen LogP contribution in [-0.4, -0.2) is 217 Å². The van der Waals surface area contributed by atoms with E-state index in [1.807, 2.05) is 0 Å². The van der Waals surface area contributed by atoms with Gasteiger partial charge >= 0.3 is 5.97 Å². The number of aliphatic hydroxyl groups excluding tert-OH is 10. The predicted octanol–water partition coefficient (Wildman–Crippen LogP) is -3.86. The zero-order valence-corrected chi connectivity index (χ0v) is 38.4. The highest BCUT2D eigenvalue weighted by Gasteiger charge is 2.52. The van der Waals surface area contributed by atoms with Gasteiger partial charge in [0.15, 0.2) is 18.9 Å². The van der Waals surface area contributed by atoms with Crippen molar-refractivity contribution in [3.8, 4) is 0 Å². The topological polar surface area (TPSA) is 380 Å². The fourth-order valence-electron chi connectivity index (χ4n) is 8.09. The third kappa shape index (κ3) is 16.8. The first kappa shape index (κ1) is 57.5. The Kier molecular flexibility index (Phi) is 24.8. The van der Waals surface area contributed by atoms with Crippen molar-refractivity contribution < 1.29 is 108 Å². The molecule has 4 amide bonds. The Hall–Kier alpha value is -3.09. The first-order chi connectivity index (χ1) is 32.5. The third-order valence-corrected chi connectivity index (χ3v) is 12.2. The quantitative estimate of drug-likeness (QED) is 0.0252. The lowest BCUT2D eigenvalue weighted by Gasteiger charge is -2.46. The van der Waals surface area contributed by atoms with Gasteiger partial charge in [-0.25, -0.2) is 4.79 Å². The minimum Gasteiger partial charge on any atom is -0.394 e. The third-order valence-electron chi connectivity index (χ3n) is 12.2. The molecular weight excluding hydrogens is 910 g/mol. The Morgan fingerprint density at radius 2 is 1.15 bits per heavy atom. The number of nitrogens with zero attached hydrogens (tertiary/aromatic N) is 1. The van der Waals surface area contributed by atoms with Gasteiger partial charge in [-0.05, 0) is 12.8 Å². The van der Waals surface area contributed by atoms with Gasteiger partial charge in [-0.2, -0.15) is 0 Å². The molecule has 4 saturated heterocycles. The number of carbonyl (C=O) groups excluding carboxylic acids is 5. The smallest absolute Gasteiger partial charge is 0.333 e. The SMILES string of the molecule is CCCCCCCCCCCCCC(=O)N[C@@H](CCC(=O)ON1C(=O)CCC1=O)C(=O)NCCO[C@H]1O[C@H](CO[C@H]2O[C@H](CO)[C@@H](O)[C@H](O)[C@@H]2O)[C@@H](O)[C@H](O[C@H]2O[C@H](CO)[C@@H](O)[C@H](O)[C@@H]2O)[C@@H]1O. The first-order valence-electron chi connectivity index (χ1n) is 23.7. The van der Waals surface area contributed by atoms with Gasteiger partial charge in [0.2, 0.25) is 11.8 Å². The lowest BCUT2D eigenvalue weighted by atomic mass is 9.96. The van der Waals surface area contributed by atoms with Crippen LogP contribution in [0, 0.1) is 0 Å². The van der Waals surface area contributed by atoms with E-state index in [1.54, 1.807) is 0 Å². The molecule has 0 bridgehead atoms. The Labute approximate surface area is 393 Å². The normalized spacial score (nSPS) is 33.6. The van der Waals surface area contributed by atoms with Crippen molar-refractivity contribution in [1.29, 1.82) is 0 Å². The Morgan fingerprint density at radius 3 is 1.72 bits per heavy atom. The molecule has 392 valence electrons. The van der Waals surface area contributed by atoms with Gasteiger partial charge < -0.3 is 95.0 Å². The Bertz CT molecular complexity index is 1550. The fraction of sp³-hybridized carbons (Fsp3) is 0.884. The lowest BCUT2D eigenvalue weighted by Crippen LogP contribution is -2.65. The number of hydrogen-bond acceptors (Lipinski definition) is 22. The zero-order chi connectivity index (χ0) is 49.9. The minimum absolute atomic E-state index is 0.0987. The lowest BCUT2D eigenvalue weighted by molar-refractivity contribution is -0.366. The molecule has 12 N–H and O–H groups in total. The average molecular weight is 984 g/mol. The van der Waals surface area contributed by atoms with Crippen LogP contribution < -0.4 is 10.6 Å². The van der Waals surface area contributed by atoms with E-state index in [0.717, 1.165) is 32.1 Å². The molecule has 0 aromatic carbocycles. The van der Waals surface area contributed by atoms with Crippen LogP contribution in [-0.2, 0) is 57.2 Å². The van der Waals surface area contributed by atoms with Gasteiger partial charge in [-0.15, -0.1) is 5.06 Å². The summed E-state index contributed by atoms with van der Waals surface area (Å²) in [4.78, 5) is 68.0. The number of unbranched alkanes of at least 4 members (excludes halogenated alkanes) is 10. The summed E-state index contributed by atoms with van der Waals surface area (Å²) in [5.41, 5.74) is 0. The molecule has 4 rings (SSSR count). The summed E-state index contributed by atoms with van der Waals surface area (Å²) in [6.45, 7) is -0.878. The summed E-state index contributed by atoms with van der Waals surface area (Å²) in [5, 5.41) is 109. The van der Waals surface area contributed by atoms with Gasteiger partial charge in [0.05, 0.1) is 32.8 Å². The van der Waals surface area contributed by atoms with E-state index in [-0.39, 0.29) is 32.2 Å². The van der Waals surface area contributed by atoms with E-state index >= 15 is 0 Å². The maximum atomic E-state index is 13.5. The maximum Gasteiger partial charge on any atom is 0.333 e. The molecule has 4 aliphatic heterocycles. The van der Waals surface area contributed by atoms with Crippen LogP contribution in [0.1, 0.15) is 110 Å². The van der Waals surface area contributed by atoms with Gasteiger partial charge in [0.25, 0.3) is 11.8 Å². The number of imide groups is 1. The van der Waals surface area contributed by atoms with Gasteiger partial charge in [-0.3, -0.25) is 19.2 Å². The zero-order valence-electron chi connectivity index (χ0n) is 38.4.